The minimum atomic E-state index is -0.552. The maximum absolute atomic E-state index is 13.0. The Labute approximate surface area is 196 Å². The monoisotopic (exact) mass is 438 g/mol. The van der Waals surface area contributed by atoms with E-state index in [0.29, 0.717) is 29.4 Å². The largest absolute Gasteiger partial charge is 0.361 e. The van der Waals surface area contributed by atoms with Gasteiger partial charge in [0.2, 0.25) is 5.78 Å². The molecule has 0 heterocycles. The van der Waals surface area contributed by atoms with Crippen LogP contribution in [0.15, 0.2) is 11.6 Å². The number of hydrogen-bond acceptors (Lipinski definition) is 1. The van der Waals surface area contributed by atoms with Crippen LogP contribution in [-0.4, -0.2) is 16.3 Å². The lowest BCUT2D eigenvalue weighted by molar-refractivity contribution is -0.128. The van der Waals surface area contributed by atoms with E-state index in [1.807, 2.05) is 13.8 Å². The summed E-state index contributed by atoms with van der Waals surface area (Å²) < 4.78 is 0. The lowest BCUT2D eigenvalue weighted by Crippen LogP contribution is -2.56. The van der Waals surface area contributed by atoms with Crippen LogP contribution in [0.25, 0.3) is 5.53 Å². The normalized spacial score (nSPS) is 41.4. The third-order valence-corrected chi connectivity index (χ3v) is 10.8. The Bertz CT molecular complexity index is 847. The Kier molecular flexibility index (Phi) is 6.15. The van der Waals surface area contributed by atoms with Crippen LogP contribution in [0, 0.1) is 51.8 Å². The van der Waals surface area contributed by atoms with Crippen molar-refractivity contribution in [3.05, 3.63) is 17.2 Å². The fourth-order valence-corrected chi connectivity index (χ4v) is 9.31. The fraction of sp³-hybridized carbons (Fsp3) is 0.862. The Morgan fingerprint density at radius 2 is 1.78 bits per heavy atom. The first-order valence-electron chi connectivity index (χ1n) is 13.4. The summed E-state index contributed by atoms with van der Waals surface area (Å²) >= 11 is 0. The molecule has 4 rings (SSSR count). The molecule has 0 aromatic rings. The summed E-state index contributed by atoms with van der Waals surface area (Å²) in [6.07, 6.45) is 13.6. The number of carbonyl (C=O) groups is 1. The summed E-state index contributed by atoms with van der Waals surface area (Å²) in [6.45, 7) is 16.3. The van der Waals surface area contributed by atoms with Crippen LogP contribution >= 0.6 is 0 Å². The van der Waals surface area contributed by atoms with Gasteiger partial charge in [-0.25, -0.2) is 0 Å². The number of Topliss-reactive ketones (excluding diaryl/α,β-unsaturated/α-hetero) is 1. The van der Waals surface area contributed by atoms with Gasteiger partial charge in [0, 0.05) is 5.41 Å². The molecule has 0 radical (unpaired) electrons. The number of ketones is 1. The molecule has 0 N–H and O–H groups in total. The predicted molar refractivity (Wildman–Crippen MR) is 131 cm³/mol. The summed E-state index contributed by atoms with van der Waals surface area (Å²) in [5.74, 6) is 4.61. The zero-order valence-electron chi connectivity index (χ0n) is 21.7. The highest BCUT2D eigenvalue weighted by Crippen LogP contribution is 2.68. The van der Waals surface area contributed by atoms with Crippen molar-refractivity contribution >= 4 is 11.5 Å². The average molecular weight is 439 g/mol. The molecular weight excluding hydrogens is 392 g/mol. The smallest absolute Gasteiger partial charge is 0.336 e. The van der Waals surface area contributed by atoms with E-state index in [4.69, 9.17) is 0 Å². The maximum atomic E-state index is 13.0. The van der Waals surface area contributed by atoms with Gasteiger partial charge in [0.15, 0.2) is 0 Å². The van der Waals surface area contributed by atoms with Gasteiger partial charge in [-0.3, -0.25) is 4.79 Å². The van der Waals surface area contributed by atoms with Gasteiger partial charge in [0.05, 0.1) is 11.8 Å². The zero-order chi connectivity index (χ0) is 23.5. The van der Waals surface area contributed by atoms with E-state index in [-0.39, 0.29) is 11.2 Å². The van der Waals surface area contributed by atoms with E-state index in [9.17, 15) is 10.3 Å². The Morgan fingerprint density at radius 3 is 2.44 bits per heavy atom. The van der Waals surface area contributed by atoms with Crippen molar-refractivity contribution in [1.29, 1.82) is 0 Å². The molecule has 1 unspecified atom stereocenters. The van der Waals surface area contributed by atoms with Crippen LogP contribution in [0.1, 0.15) is 106 Å². The highest BCUT2D eigenvalue weighted by atomic mass is 16.1. The molecule has 3 saturated carbocycles. The van der Waals surface area contributed by atoms with E-state index < -0.39 is 5.41 Å². The van der Waals surface area contributed by atoms with Crippen molar-refractivity contribution in [2.24, 2.45) is 51.8 Å². The van der Waals surface area contributed by atoms with Crippen molar-refractivity contribution in [3.8, 4) is 0 Å². The van der Waals surface area contributed by atoms with Gasteiger partial charge in [-0.1, -0.05) is 65.5 Å². The SMILES string of the molecule is CC(C)CCC[C@@H](C)C1CC[C@H]2[C@@H]3CC=C4C(C)(C)C(=O)C(=[N+]=[N-])C[C@]4(C)[C@H]3CC[C@]12C. The standard InChI is InChI=1S/C29H46N2O/c1-18(2)9-8-10-19(3)21-12-13-22-20-11-14-25-27(4,5)26(32)24(31-30)17-29(25,7)23(20)15-16-28(21,22)6/h14,18-23H,8-13,15-17H2,1-7H3/t19-,20+,21?,22+,23+,28-,29-/m1/s1. The molecule has 0 spiro atoms. The van der Waals surface area contributed by atoms with Crippen molar-refractivity contribution in [1.82, 2.24) is 0 Å². The highest BCUT2D eigenvalue weighted by Gasteiger charge is 2.63. The topological polar surface area (TPSA) is 53.5 Å². The van der Waals surface area contributed by atoms with Gasteiger partial charge in [0.1, 0.15) is 0 Å². The molecule has 3 heteroatoms. The third-order valence-electron chi connectivity index (χ3n) is 10.8. The number of carbonyl (C=O) groups excluding carboxylic acids is 1. The fourth-order valence-electron chi connectivity index (χ4n) is 9.31. The molecule has 0 amide bonds. The molecule has 0 aliphatic heterocycles. The zero-order valence-corrected chi connectivity index (χ0v) is 21.7. The number of nitrogens with zero attached hydrogens (tertiary/aromatic N) is 2. The number of fused-ring (bicyclic) bond motifs is 5. The Balaban J connectivity index is 1.59. The van der Waals surface area contributed by atoms with Gasteiger partial charge in [-0.05, 0) is 86.9 Å². The van der Waals surface area contributed by atoms with Crippen molar-refractivity contribution in [3.63, 3.8) is 0 Å². The second-order valence-corrected chi connectivity index (χ2v) is 13.4. The predicted octanol–water partition coefficient (Wildman–Crippen LogP) is 7.51. The molecule has 3 fully saturated rings. The molecule has 178 valence electrons. The van der Waals surface area contributed by atoms with Gasteiger partial charge in [-0.15, -0.1) is 0 Å². The van der Waals surface area contributed by atoms with Gasteiger partial charge >= 0.3 is 5.71 Å². The molecule has 32 heavy (non-hydrogen) atoms. The molecule has 4 aliphatic carbocycles. The molecule has 0 saturated heterocycles. The second-order valence-electron chi connectivity index (χ2n) is 13.4. The Hall–Kier alpha value is -1.21. The first-order chi connectivity index (χ1) is 15.0. The highest BCUT2D eigenvalue weighted by molar-refractivity contribution is 6.41. The minimum absolute atomic E-state index is 0.0129. The molecule has 0 aromatic carbocycles. The van der Waals surface area contributed by atoms with Crippen molar-refractivity contribution < 1.29 is 9.58 Å². The minimum Gasteiger partial charge on any atom is -0.361 e. The molecule has 4 aliphatic rings. The van der Waals surface area contributed by atoms with Crippen LogP contribution in [0.5, 0.6) is 0 Å². The van der Waals surface area contributed by atoms with Crippen LogP contribution in [-0.2, 0) is 4.79 Å². The first kappa shape index (κ1) is 23.9. The average Bonchev–Trinajstić information content (AvgIpc) is 3.08. The second kappa shape index (κ2) is 8.23. The van der Waals surface area contributed by atoms with Crippen molar-refractivity contribution in [2.75, 3.05) is 0 Å². The lowest BCUT2D eigenvalue weighted by atomic mass is 9.44. The molecule has 0 aromatic heterocycles. The van der Waals surface area contributed by atoms with Crippen LogP contribution in [0.2, 0.25) is 0 Å². The molecule has 0 bridgehead atoms. The number of hydrogen-bond donors (Lipinski definition) is 0. The van der Waals surface area contributed by atoms with E-state index in [1.54, 1.807) is 0 Å². The number of rotatable bonds is 5. The maximum Gasteiger partial charge on any atom is 0.336 e. The summed E-state index contributed by atoms with van der Waals surface area (Å²) in [6, 6.07) is 0. The van der Waals surface area contributed by atoms with Crippen LogP contribution in [0.3, 0.4) is 0 Å². The lowest BCUT2D eigenvalue weighted by Gasteiger charge is -2.59. The quantitative estimate of drug-likeness (QED) is 0.249. The van der Waals surface area contributed by atoms with Gasteiger partial charge in [0.25, 0.3) is 0 Å². The van der Waals surface area contributed by atoms with Gasteiger partial charge < -0.3 is 5.53 Å². The third kappa shape index (κ3) is 3.49. The summed E-state index contributed by atoms with van der Waals surface area (Å²) in [5, 5.41) is 0. The van der Waals surface area contributed by atoms with E-state index >= 15 is 0 Å². The molecule has 7 atom stereocenters. The molecular formula is C29H46N2O. The number of allylic oxidation sites excluding steroid dienone is 2. The summed E-state index contributed by atoms with van der Waals surface area (Å²) in [5.41, 5.74) is 11.2. The molecule has 3 nitrogen and oxygen atoms in total. The van der Waals surface area contributed by atoms with E-state index in [1.165, 1.54) is 50.5 Å². The van der Waals surface area contributed by atoms with E-state index in [0.717, 1.165) is 30.1 Å². The van der Waals surface area contributed by atoms with Crippen molar-refractivity contribution in [2.45, 2.75) is 106 Å². The summed E-state index contributed by atoms with van der Waals surface area (Å²) in [4.78, 5) is 16.5. The first-order valence-corrected chi connectivity index (χ1v) is 13.4. The van der Waals surface area contributed by atoms with Crippen LogP contribution < -0.4 is 0 Å². The van der Waals surface area contributed by atoms with Gasteiger partial charge in [-0.2, -0.15) is 4.79 Å². The summed E-state index contributed by atoms with van der Waals surface area (Å²) in [7, 11) is 0. The van der Waals surface area contributed by atoms with Crippen LogP contribution in [0.4, 0.5) is 0 Å². The van der Waals surface area contributed by atoms with E-state index in [2.05, 4.69) is 45.5 Å². The Morgan fingerprint density at radius 1 is 1.06 bits per heavy atom.